The van der Waals surface area contributed by atoms with Gasteiger partial charge in [0.2, 0.25) is 0 Å². The molecule has 1 aliphatic rings. The van der Waals surface area contributed by atoms with Crippen LogP contribution in [0.5, 0.6) is 0 Å². The first kappa shape index (κ1) is 23.5. The molecule has 164 valence electrons. The van der Waals surface area contributed by atoms with Crippen LogP contribution in [0, 0.1) is 0 Å². The van der Waals surface area contributed by atoms with Crippen molar-refractivity contribution < 1.29 is 9.53 Å². The van der Waals surface area contributed by atoms with Crippen molar-refractivity contribution in [3.05, 3.63) is 74.9 Å². The number of carbonyl (C=O) groups is 1. The van der Waals surface area contributed by atoms with Crippen molar-refractivity contribution in [3.63, 3.8) is 0 Å². The summed E-state index contributed by atoms with van der Waals surface area (Å²) in [5.74, 6) is 0.263. The van der Waals surface area contributed by atoms with E-state index in [9.17, 15) is 4.79 Å². The molecule has 3 rings (SSSR count). The number of hydrogen-bond acceptors (Lipinski definition) is 6. The minimum absolute atomic E-state index is 0.308. The Balaban J connectivity index is 1.89. The molecule has 0 amide bonds. The maximum atomic E-state index is 12.7. The lowest BCUT2D eigenvalue weighted by Crippen LogP contribution is -2.30. The summed E-state index contributed by atoms with van der Waals surface area (Å²) in [7, 11) is 3.98. The van der Waals surface area contributed by atoms with Gasteiger partial charge in [0.1, 0.15) is 6.04 Å². The first-order chi connectivity index (χ1) is 14.8. The molecular weight excluding hydrogens is 453 g/mol. The third-order valence-corrected chi connectivity index (χ3v) is 6.34. The van der Waals surface area contributed by atoms with Gasteiger partial charge in [0, 0.05) is 41.3 Å². The molecule has 8 heteroatoms. The zero-order chi connectivity index (χ0) is 22.5. The van der Waals surface area contributed by atoms with Gasteiger partial charge >= 0.3 is 5.97 Å². The topological polar surface area (TPSA) is 53.9 Å². The molecule has 0 aliphatic carbocycles. The van der Waals surface area contributed by atoms with E-state index in [4.69, 9.17) is 32.9 Å². The zero-order valence-corrected chi connectivity index (χ0v) is 20.2. The van der Waals surface area contributed by atoms with Crippen molar-refractivity contribution in [1.29, 1.82) is 0 Å². The van der Waals surface area contributed by atoms with Gasteiger partial charge in [-0.25, -0.2) is 9.79 Å². The Bertz CT molecular complexity index is 1020. The molecule has 0 fully saturated rings. The molecule has 1 N–H and O–H groups in total. The fraction of sp³-hybridized carbons (Fsp3) is 0.304. The van der Waals surface area contributed by atoms with Gasteiger partial charge < -0.3 is 15.0 Å². The SMILES string of the molecule is CCOC(=O)C1=C(C)NC(SCc2ccc(Cl)cc2Cl)=N[C@@H]1c1ccc(N(C)C)cc1. The Kier molecular flexibility index (Phi) is 7.92. The van der Waals surface area contributed by atoms with Crippen LogP contribution in [0.2, 0.25) is 10.0 Å². The number of hydrogen-bond donors (Lipinski definition) is 1. The molecule has 5 nitrogen and oxygen atoms in total. The maximum Gasteiger partial charge on any atom is 0.338 e. The number of amidine groups is 1. The number of allylic oxidation sites excluding steroid dienone is 1. The van der Waals surface area contributed by atoms with Crippen molar-refractivity contribution in [1.82, 2.24) is 5.32 Å². The Morgan fingerprint density at radius 3 is 2.52 bits per heavy atom. The molecule has 2 aromatic carbocycles. The Hall–Kier alpha value is -2.15. The predicted octanol–water partition coefficient (Wildman–Crippen LogP) is 5.83. The minimum atomic E-state index is -0.445. The number of thioether (sulfide) groups is 1. The summed E-state index contributed by atoms with van der Waals surface area (Å²) in [6.45, 7) is 3.98. The van der Waals surface area contributed by atoms with Crippen LogP contribution in [0.1, 0.15) is 31.0 Å². The lowest BCUT2D eigenvalue weighted by molar-refractivity contribution is -0.138. The number of aliphatic imine (C=N–C) groups is 1. The van der Waals surface area contributed by atoms with Crippen LogP contribution in [-0.4, -0.2) is 31.8 Å². The van der Waals surface area contributed by atoms with Crippen LogP contribution in [0.15, 0.2) is 58.7 Å². The summed E-state index contributed by atoms with van der Waals surface area (Å²) in [5, 5.41) is 5.19. The Labute approximate surface area is 197 Å². The van der Waals surface area contributed by atoms with Gasteiger partial charge in [-0.3, -0.25) is 0 Å². The lowest BCUT2D eigenvalue weighted by atomic mass is 9.96. The minimum Gasteiger partial charge on any atom is -0.463 e. The van der Waals surface area contributed by atoms with E-state index < -0.39 is 6.04 Å². The van der Waals surface area contributed by atoms with E-state index in [0.29, 0.717) is 28.0 Å². The highest BCUT2D eigenvalue weighted by Crippen LogP contribution is 2.34. The average molecular weight is 478 g/mol. The van der Waals surface area contributed by atoms with Crippen LogP contribution in [0.4, 0.5) is 5.69 Å². The summed E-state index contributed by atoms with van der Waals surface area (Å²) < 4.78 is 5.31. The average Bonchev–Trinajstić information content (AvgIpc) is 2.73. The van der Waals surface area contributed by atoms with E-state index in [1.54, 1.807) is 13.0 Å². The third-order valence-electron chi connectivity index (χ3n) is 4.82. The number of rotatable bonds is 6. The third kappa shape index (κ3) is 5.76. The molecular formula is C23H25Cl2N3O2S. The second-order valence-electron chi connectivity index (χ2n) is 7.23. The molecule has 1 atom stereocenters. The standard InChI is InChI=1S/C23H25Cl2N3O2S/c1-5-30-22(29)20-14(2)26-23(31-13-16-6-9-17(24)12-19(16)25)27-21(20)15-7-10-18(11-8-15)28(3)4/h6-12,21H,5,13H2,1-4H3,(H,26,27)/t21-/m1/s1. The molecule has 0 bridgehead atoms. The van der Waals surface area contributed by atoms with Crippen LogP contribution < -0.4 is 10.2 Å². The maximum absolute atomic E-state index is 12.7. The van der Waals surface area contributed by atoms with Gasteiger partial charge in [-0.2, -0.15) is 0 Å². The van der Waals surface area contributed by atoms with Gasteiger partial charge in [0.15, 0.2) is 5.17 Å². The number of esters is 1. The molecule has 1 heterocycles. The number of anilines is 1. The largest absolute Gasteiger partial charge is 0.463 e. The highest BCUT2D eigenvalue weighted by molar-refractivity contribution is 8.13. The number of nitrogens with zero attached hydrogens (tertiary/aromatic N) is 2. The summed E-state index contributed by atoms with van der Waals surface area (Å²) in [6.07, 6.45) is 0. The first-order valence-corrected chi connectivity index (χ1v) is 11.6. The molecule has 0 saturated carbocycles. The van der Waals surface area contributed by atoms with E-state index >= 15 is 0 Å². The van der Waals surface area contributed by atoms with Crippen molar-refractivity contribution in [2.75, 3.05) is 25.6 Å². The summed E-state index contributed by atoms with van der Waals surface area (Å²) >= 11 is 13.8. The van der Waals surface area contributed by atoms with Gasteiger partial charge in [0.05, 0.1) is 12.2 Å². The van der Waals surface area contributed by atoms with E-state index in [0.717, 1.165) is 27.7 Å². The van der Waals surface area contributed by atoms with E-state index in [-0.39, 0.29) is 5.97 Å². The Morgan fingerprint density at radius 1 is 1.19 bits per heavy atom. The van der Waals surface area contributed by atoms with Crippen molar-refractivity contribution in [3.8, 4) is 0 Å². The van der Waals surface area contributed by atoms with Crippen LogP contribution >= 0.6 is 35.0 Å². The molecule has 0 aromatic heterocycles. The van der Waals surface area contributed by atoms with Crippen molar-refractivity contribution in [2.45, 2.75) is 25.6 Å². The van der Waals surface area contributed by atoms with Gasteiger partial charge in [-0.05, 0) is 49.2 Å². The molecule has 0 saturated heterocycles. The van der Waals surface area contributed by atoms with Crippen LogP contribution in [0.3, 0.4) is 0 Å². The monoisotopic (exact) mass is 477 g/mol. The van der Waals surface area contributed by atoms with Gasteiger partial charge in [-0.15, -0.1) is 0 Å². The van der Waals surface area contributed by atoms with E-state index in [1.807, 2.05) is 62.3 Å². The molecule has 0 radical (unpaired) electrons. The number of nitrogens with one attached hydrogen (secondary N) is 1. The van der Waals surface area contributed by atoms with Crippen molar-refractivity contribution >= 4 is 51.8 Å². The Morgan fingerprint density at radius 2 is 1.90 bits per heavy atom. The molecule has 1 aliphatic heterocycles. The molecule has 2 aromatic rings. The number of ether oxygens (including phenoxy) is 1. The molecule has 0 unspecified atom stereocenters. The quantitative estimate of drug-likeness (QED) is 0.530. The smallest absolute Gasteiger partial charge is 0.338 e. The summed E-state index contributed by atoms with van der Waals surface area (Å²) in [6, 6.07) is 13.0. The highest BCUT2D eigenvalue weighted by Gasteiger charge is 2.30. The lowest BCUT2D eigenvalue weighted by Gasteiger charge is -2.26. The van der Waals surface area contributed by atoms with Crippen molar-refractivity contribution in [2.24, 2.45) is 4.99 Å². The normalized spacial score (nSPS) is 15.9. The van der Waals surface area contributed by atoms with E-state index in [2.05, 4.69) is 5.32 Å². The van der Waals surface area contributed by atoms with Gasteiger partial charge in [-0.1, -0.05) is 53.2 Å². The second-order valence-corrected chi connectivity index (χ2v) is 9.04. The predicted molar refractivity (Wildman–Crippen MR) is 131 cm³/mol. The van der Waals surface area contributed by atoms with Crippen LogP contribution in [0.25, 0.3) is 0 Å². The van der Waals surface area contributed by atoms with Gasteiger partial charge in [0.25, 0.3) is 0 Å². The van der Waals surface area contributed by atoms with Crippen LogP contribution in [-0.2, 0) is 15.3 Å². The molecule has 0 spiro atoms. The fourth-order valence-electron chi connectivity index (χ4n) is 3.17. The second kappa shape index (κ2) is 10.4. The summed E-state index contributed by atoms with van der Waals surface area (Å²) in [5.41, 5.74) is 4.22. The number of benzene rings is 2. The zero-order valence-electron chi connectivity index (χ0n) is 17.9. The fourth-order valence-corrected chi connectivity index (χ4v) is 4.68. The molecule has 31 heavy (non-hydrogen) atoms. The highest BCUT2D eigenvalue weighted by atomic mass is 35.5. The number of carbonyl (C=O) groups excluding carboxylic acids is 1. The first-order valence-electron chi connectivity index (χ1n) is 9.86. The number of halogens is 2. The summed E-state index contributed by atoms with van der Waals surface area (Å²) in [4.78, 5) is 19.6. The van der Waals surface area contributed by atoms with E-state index in [1.165, 1.54) is 11.8 Å².